The first-order chi connectivity index (χ1) is 6.38. The fourth-order valence-corrected chi connectivity index (χ4v) is 1.33. The maximum atomic E-state index is 10.5. The molecule has 0 aromatic heterocycles. The van der Waals surface area contributed by atoms with Crippen molar-refractivity contribution in [2.45, 2.75) is 20.3 Å². The van der Waals surface area contributed by atoms with Crippen LogP contribution in [0.2, 0.25) is 0 Å². The number of hydrogen-bond donors (Lipinski definition) is 0. The minimum atomic E-state index is -0.375. The average molecular weight is 192 g/mol. The molecular weight excluding hydrogens is 178 g/mol. The Kier molecular flexibility index (Phi) is 2.89. The first-order valence-corrected chi connectivity index (χ1v) is 4.47. The summed E-state index contributed by atoms with van der Waals surface area (Å²) in [4.78, 5) is 10.1. The predicted octanol–water partition coefficient (Wildman–Crippen LogP) is 3.00. The molecular formula is C11H14NO2. The Hall–Kier alpha value is -1.38. The molecule has 0 amide bonds. The molecule has 1 aromatic rings. The summed E-state index contributed by atoms with van der Waals surface area (Å²) < 4.78 is 0. The second-order valence-electron chi connectivity index (χ2n) is 4.27. The Bertz CT molecular complexity index is 339. The van der Waals surface area contributed by atoms with Crippen molar-refractivity contribution >= 4 is 5.69 Å². The molecule has 0 heterocycles. The number of benzene rings is 1. The molecule has 0 unspecified atom stereocenters. The van der Waals surface area contributed by atoms with E-state index in [9.17, 15) is 10.1 Å². The van der Waals surface area contributed by atoms with Gasteiger partial charge in [0.15, 0.2) is 0 Å². The van der Waals surface area contributed by atoms with Gasteiger partial charge in [0.25, 0.3) is 5.69 Å². The van der Waals surface area contributed by atoms with Crippen molar-refractivity contribution in [3.8, 4) is 0 Å². The van der Waals surface area contributed by atoms with Crippen LogP contribution in [0.1, 0.15) is 19.4 Å². The molecule has 0 aliphatic carbocycles. The van der Waals surface area contributed by atoms with Gasteiger partial charge in [0, 0.05) is 12.1 Å². The average Bonchev–Trinajstić information content (AvgIpc) is 2.01. The van der Waals surface area contributed by atoms with E-state index in [1.165, 1.54) is 6.07 Å². The van der Waals surface area contributed by atoms with Crippen molar-refractivity contribution in [3.05, 3.63) is 46.9 Å². The van der Waals surface area contributed by atoms with E-state index in [1.807, 2.05) is 19.9 Å². The standard InChI is InChI=1S/C11H14NO2/c1-11(2,3)8-9-5-4-6-10(7-9)12(13)14/h4-7H,1,8H2,2-3H3. The Labute approximate surface area is 83.9 Å². The highest BCUT2D eigenvalue weighted by Crippen LogP contribution is 2.22. The van der Waals surface area contributed by atoms with E-state index in [2.05, 4.69) is 6.92 Å². The van der Waals surface area contributed by atoms with E-state index < -0.39 is 0 Å². The lowest BCUT2D eigenvalue weighted by Gasteiger charge is -2.17. The van der Waals surface area contributed by atoms with Gasteiger partial charge in [-0.05, 0) is 24.3 Å². The molecule has 0 atom stereocenters. The molecule has 0 bridgehead atoms. The minimum Gasteiger partial charge on any atom is -0.258 e. The zero-order valence-corrected chi connectivity index (χ0v) is 8.49. The third kappa shape index (κ3) is 3.17. The van der Waals surface area contributed by atoms with Gasteiger partial charge in [0.1, 0.15) is 0 Å². The number of nitrogens with zero attached hydrogens (tertiary/aromatic N) is 1. The predicted molar refractivity (Wildman–Crippen MR) is 55.9 cm³/mol. The summed E-state index contributed by atoms with van der Waals surface area (Å²) in [6.07, 6.45) is 0.745. The van der Waals surface area contributed by atoms with Gasteiger partial charge in [-0.25, -0.2) is 0 Å². The van der Waals surface area contributed by atoms with E-state index in [0.29, 0.717) is 0 Å². The zero-order valence-electron chi connectivity index (χ0n) is 8.49. The van der Waals surface area contributed by atoms with Crippen LogP contribution in [0.5, 0.6) is 0 Å². The molecule has 1 radical (unpaired) electrons. The number of hydrogen-bond acceptors (Lipinski definition) is 2. The van der Waals surface area contributed by atoms with Crippen LogP contribution in [0.4, 0.5) is 5.69 Å². The fraction of sp³-hybridized carbons (Fsp3) is 0.364. The van der Waals surface area contributed by atoms with Gasteiger partial charge < -0.3 is 0 Å². The van der Waals surface area contributed by atoms with Gasteiger partial charge in [-0.3, -0.25) is 10.1 Å². The topological polar surface area (TPSA) is 43.1 Å². The number of rotatable bonds is 3. The normalized spacial score (nSPS) is 11.4. The molecule has 3 nitrogen and oxygen atoms in total. The zero-order chi connectivity index (χ0) is 10.8. The van der Waals surface area contributed by atoms with Crippen molar-refractivity contribution in [3.63, 3.8) is 0 Å². The largest absolute Gasteiger partial charge is 0.269 e. The van der Waals surface area contributed by atoms with Crippen LogP contribution in [0.25, 0.3) is 0 Å². The van der Waals surface area contributed by atoms with Crippen LogP contribution < -0.4 is 0 Å². The number of nitro groups is 1. The lowest BCUT2D eigenvalue weighted by atomic mass is 9.88. The summed E-state index contributed by atoms with van der Waals surface area (Å²) >= 11 is 0. The molecule has 1 rings (SSSR count). The summed E-state index contributed by atoms with van der Waals surface area (Å²) in [6.45, 7) is 7.98. The van der Waals surface area contributed by atoms with E-state index in [1.54, 1.807) is 12.1 Å². The van der Waals surface area contributed by atoms with Gasteiger partial charge in [-0.1, -0.05) is 26.0 Å². The highest BCUT2D eigenvalue weighted by Gasteiger charge is 2.13. The lowest BCUT2D eigenvalue weighted by molar-refractivity contribution is -0.384. The van der Waals surface area contributed by atoms with Crippen molar-refractivity contribution in [1.29, 1.82) is 0 Å². The SMILES string of the molecule is [CH2]C(C)(C)Cc1cccc([N+](=O)[O-])c1. The third-order valence-electron chi connectivity index (χ3n) is 1.80. The molecule has 0 saturated carbocycles. The Balaban J connectivity index is 2.89. The molecule has 0 N–H and O–H groups in total. The van der Waals surface area contributed by atoms with Crippen LogP contribution >= 0.6 is 0 Å². The first-order valence-electron chi connectivity index (χ1n) is 4.47. The summed E-state index contributed by atoms with van der Waals surface area (Å²) in [5.41, 5.74) is 1.01. The Morgan fingerprint density at radius 3 is 2.64 bits per heavy atom. The summed E-state index contributed by atoms with van der Waals surface area (Å²) in [6, 6.07) is 6.70. The van der Waals surface area contributed by atoms with Crippen molar-refractivity contribution in [1.82, 2.24) is 0 Å². The van der Waals surface area contributed by atoms with E-state index in [4.69, 9.17) is 0 Å². The second kappa shape index (κ2) is 3.78. The highest BCUT2D eigenvalue weighted by atomic mass is 16.6. The smallest absolute Gasteiger partial charge is 0.258 e. The molecule has 0 aliphatic heterocycles. The van der Waals surface area contributed by atoms with Gasteiger partial charge >= 0.3 is 0 Å². The van der Waals surface area contributed by atoms with E-state index in [0.717, 1.165) is 12.0 Å². The molecule has 0 saturated heterocycles. The number of non-ortho nitro benzene ring substituents is 1. The third-order valence-corrected chi connectivity index (χ3v) is 1.80. The summed E-state index contributed by atoms with van der Waals surface area (Å²) in [5, 5.41) is 10.5. The van der Waals surface area contributed by atoms with Crippen molar-refractivity contribution in [2.24, 2.45) is 5.41 Å². The Morgan fingerprint density at radius 1 is 1.50 bits per heavy atom. The van der Waals surface area contributed by atoms with Gasteiger partial charge in [-0.15, -0.1) is 0 Å². The lowest BCUT2D eigenvalue weighted by Crippen LogP contribution is -2.09. The van der Waals surface area contributed by atoms with Crippen LogP contribution in [0.15, 0.2) is 24.3 Å². The van der Waals surface area contributed by atoms with Crippen LogP contribution in [0.3, 0.4) is 0 Å². The maximum Gasteiger partial charge on any atom is 0.269 e. The minimum absolute atomic E-state index is 0.0881. The Morgan fingerprint density at radius 2 is 2.14 bits per heavy atom. The van der Waals surface area contributed by atoms with Crippen molar-refractivity contribution in [2.75, 3.05) is 0 Å². The molecule has 0 aliphatic rings. The fourth-order valence-electron chi connectivity index (χ4n) is 1.33. The summed E-state index contributed by atoms with van der Waals surface area (Å²) in [7, 11) is 0. The first kappa shape index (κ1) is 10.7. The monoisotopic (exact) mass is 192 g/mol. The highest BCUT2D eigenvalue weighted by molar-refractivity contribution is 5.34. The van der Waals surface area contributed by atoms with Crippen LogP contribution in [0, 0.1) is 22.5 Å². The van der Waals surface area contributed by atoms with Gasteiger partial charge in [0.05, 0.1) is 4.92 Å². The quantitative estimate of drug-likeness (QED) is 0.545. The maximum absolute atomic E-state index is 10.5. The summed E-state index contributed by atoms with van der Waals surface area (Å²) in [5.74, 6) is 0. The second-order valence-corrected chi connectivity index (χ2v) is 4.27. The van der Waals surface area contributed by atoms with Crippen LogP contribution in [-0.4, -0.2) is 4.92 Å². The van der Waals surface area contributed by atoms with E-state index in [-0.39, 0.29) is 16.0 Å². The van der Waals surface area contributed by atoms with Crippen molar-refractivity contribution < 1.29 is 4.92 Å². The van der Waals surface area contributed by atoms with Gasteiger partial charge in [-0.2, -0.15) is 0 Å². The molecule has 75 valence electrons. The molecule has 3 heteroatoms. The van der Waals surface area contributed by atoms with E-state index >= 15 is 0 Å². The molecule has 1 aromatic carbocycles. The molecule has 0 fully saturated rings. The molecule has 0 spiro atoms. The number of nitro benzene ring substituents is 1. The van der Waals surface area contributed by atoms with Gasteiger partial charge in [0.2, 0.25) is 0 Å². The molecule has 14 heavy (non-hydrogen) atoms. The van der Waals surface area contributed by atoms with Crippen LogP contribution in [-0.2, 0) is 6.42 Å².